The summed E-state index contributed by atoms with van der Waals surface area (Å²) >= 11 is 0. The molecule has 1 aliphatic heterocycles. The lowest BCUT2D eigenvalue weighted by Crippen LogP contribution is -2.63. The second kappa shape index (κ2) is 9.24. The molecule has 1 amide bonds. The summed E-state index contributed by atoms with van der Waals surface area (Å²) < 4.78 is 18.6. The van der Waals surface area contributed by atoms with Crippen LogP contribution in [-0.4, -0.2) is 53.8 Å². The molecule has 1 saturated heterocycles. The number of hydrogen-bond acceptors (Lipinski definition) is 4. The zero-order valence-electron chi connectivity index (χ0n) is 15.4. The number of rotatable bonds is 3. The van der Waals surface area contributed by atoms with Gasteiger partial charge in [-0.05, 0) is 38.5 Å². The van der Waals surface area contributed by atoms with Crippen molar-refractivity contribution < 1.29 is 19.0 Å². The number of likely N-dealkylation sites (tertiary alicyclic amines) is 1. The molecule has 1 aromatic rings. The molecule has 26 heavy (non-hydrogen) atoms. The highest BCUT2D eigenvalue weighted by atomic mass is 127. The predicted molar refractivity (Wildman–Crippen MR) is 108 cm³/mol. The topological polar surface area (TPSA) is 86.2 Å². The Kier molecular flexibility index (Phi) is 7.91. The number of carbonyl (C=O) groups excluding carboxylic acids is 1. The van der Waals surface area contributed by atoms with Crippen LogP contribution in [0.5, 0.6) is 5.75 Å². The number of phenolic OH excluding ortho intramolecular Hbond substituents is 1. The van der Waals surface area contributed by atoms with Gasteiger partial charge in [0.05, 0.1) is 6.04 Å². The maximum atomic E-state index is 13.3. The average molecular weight is 480 g/mol. The fourth-order valence-electron chi connectivity index (χ4n) is 2.28. The van der Waals surface area contributed by atoms with Gasteiger partial charge in [0.25, 0.3) is 0 Å². The summed E-state index contributed by atoms with van der Waals surface area (Å²) in [5.74, 6) is -0.473. The van der Waals surface area contributed by atoms with E-state index in [0.29, 0.717) is 31.2 Å². The molecule has 0 aromatic heterocycles. The number of amides is 1. The maximum Gasteiger partial charge on any atom is 0.410 e. The van der Waals surface area contributed by atoms with Crippen LogP contribution < -0.4 is 10.6 Å². The molecule has 3 N–H and O–H groups in total. The van der Waals surface area contributed by atoms with Gasteiger partial charge < -0.3 is 25.4 Å². The third kappa shape index (κ3) is 6.50. The summed E-state index contributed by atoms with van der Waals surface area (Å²) in [6.07, 6.45) is -0.326. The second-order valence-electron chi connectivity index (χ2n) is 6.94. The fraction of sp³-hybridized carbons (Fsp3) is 0.529. The third-order valence-electron chi connectivity index (χ3n) is 3.57. The lowest BCUT2D eigenvalue weighted by Gasteiger charge is -2.40. The Morgan fingerprint density at radius 3 is 2.62 bits per heavy atom. The van der Waals surface area contributed by atoms with Crippen LogP contribution in [0.4, 0.5) is 9.18 Å². The number of benzene rings is 1. The van der Waals surface area contributed by atoms with Crippen molar-refractivity contribution in [2.45, 2.75) is 39.0 Å². The maximum absolute atomic E-state index is 13.3. The van der Waals surface area contributed by atoms with E-state index in [1.807, 2.05) is 20.8 Å². The van der Waals surface area contributed by atoms with Gasteiger partial charge >= 0.3 is 6.09 Å². The molecule has 9 heteroatoms. The number of nitrogens with one attached hydrogen (secondary N) is 2. The Hall–Kier alpha value is -1.78. The minimum Gasteiger partial charge on any atom is -0.505 e. The molecule has 1 aromatic carbocycles. The number of guanidine groups is 1. The van der Waals surface area contributed by atoms with E-state index in [2.05, 4.69) is 15.6 Å². The Balaban J connectivity index is 0.00000338. The Morgan fingerprint density at radius 1 is 1.42 bits per heavy atom. The second-order valence-corrected chi connectivity index (χ2v) is 6.94. The van der Waals surface area contributed by atoms with Crippen LogP contribution in [0.15, 0.2) is 23.2 Å². The molecule has 0 aliphatic carbocycles. The summed E-state index contributed by atoms with van der Waals surface area (Å²) in [7, 11) is 1.64. The lowest BCUT2D eigenvalue weighted by atomic mass is 10.1. The summed E-state index contributed by atoms with van der Waals surface area (Å²) in [4.78, 5) is 17.6. The van der Waals surface area contributed by atoms with Crippen molar-refractivity contribution in [3.63, 3.8) is 0 Å². The van der Waals surface area contributed by atoms with Crippen LogP contribution in [0, 0.1) is 5.82 Å². The Labute approximate surface area is 170 Å². The van der Waals surface area contributed by atoms with Gasteiger partial charge in [-0.25, -0.2) is 9.18 Å². The van der Waals surface area contributed by atoms with E-state index in [1.54, 1.807) is 18.0 Å². The van der Waals surface area contributed by atoms with E-state index in [4.69, 9.17) is 4.74 Å². The van der Waals surface area contributed by atoms with E-state index in [1.165, 1.54) is 12.1 Å². The predicted octanol–water partition coefficient (Wildman–Crippen LogP) is 2.43. The number of nitrogens with zero attached hydrogens (tertiary/aromatic N) is 2. The number of hydrogen-bond donors (Lipinski definition) is 3. The molecule has 1 aliphatic rings. The van der Waals surface area contributed by atoms with Crippen LogP contribution in [0.1, 0.15) is 26.3 Å². The number of aliphatic imine (C=N–C) groups is 1. The molecule has 7 nitrogen and oxygen atoms in total. The minimum absolute atomic E-state index is 0. The standard InChI is InChI=1S/C17H25FN4O3.HI/c1-17(2,3)25-16(24)22-9-12(10-22)21-15(19-4)20-8-11-5-6-14(23)13(18)7-11;/h5-7,12,23H,8-10H2,1-4H3,(H2,19,20,21);1H. The molecule has 0 saturated carbocycles. The smallest absolute Gasteiger partial charge is 0.410 e. The molecule has 0 bridgehead atoms. The Morgan fingerprint density at radius 2 is 2.08 bits per heavy atom. The molecule has 0 atom stereocenters. The van der Waals surface area contributed by atoms with Gasteiger partial charge in [-0.3, -0.25) is 4.99 Å². The quantitative estimate of drug-likeness (QED) is 0.352. The molecule has 0 radical (unpaired) electrons. The van der Waals surface area contributed by atoms with Crippen LogP contribution >= 0.6 is 24.0 Å². The zero-order chi connectivity index (χ0) is 18.6. The first-order valence-corrected chi connectivity index (χ1v) is 8.10. The Bertz CT molecular complexity index is 658. The average Bonchev–Trinajstić information content (AvgIpc) is 2.47. The lowest BCUT2D eigenvalue weighted by molar-refractivity contribution is 0.00701. The number of carbonyl (C=O) groups is 1. The van der Waals surface area contributed by atoms with Crippen LogP contribution in [0.2, 0.25) is 0 Å². The first kappa shape index (κ1) is 22.3. The molecule has 2 rings (SSSR count). The SMILES string of the molecule is CN=C(NCc1ccc(O)c(F)c1)NC1CN(C(=O)OC(C)(C)C)C1.I. The highest BCUT2D eigenvalue weighted by molar-refractivity contribution is 14.0. The number of halogens is 2. The molecule has 0 spiro atoms. The summed E-state index contributed by atoms with van der Waals surface area (Å²) in [5, 5.41) is 15.5. The van der Waals surface area contributed by atoms with E-state index in [9.17, 15) is 14.3 Å². The monoisotopic (exact) mass is 480 g/mol. The van der Waals surface area contributed by atoms with E-state index >= 15 is 0 Å². The number of aromatic hydroxyl groups is 1. The van der Waals surface area contributed by atoms with Crippen molar-refractivity contribution in [3.05, 3.63) is 29.6 Å². The summed E-state index contributed by atoms with van der Waals surface area (Å²) in [5.41, 5.74) is 0.175. The van der Waals surface area contributed by atoms with Gasteiger partial charge in [-0.2, -0.15) is 0 Å². The molecular weight excluding hydrogens is 454 g/mol. The highest BCUT2D eigenvalue weighted by Crippen LogP contribution is 2.16. The van der Waals surface area contributed by atoms with Crippen molar-refractivity contribution in [3.8, 4) is 5.75 Å². The van der Waals surface area contributed by atoms with Crippen LogP contribution in [0.3, 0.4) is 0 Å². The number of phenols is 1. The minimum atomic E-state index is -0.658. The van der Waals surface area contributed by atoms with Crippen LogP contribution in [-0.2, 0) is 11.3 Å². The third-order valence-corrected chi connectivity index (χ3v) is 3.57. The summed E-state index contributed by atoms with van der Waals surface area (Å²) in [6, 6.07) is 4.29. The van der Waals surface area contributed by atoms with Crippen molar-refractivity contribution in [2.75, 3.05) is 20.1 Å². The largest absolute Gasteiger partial charge is 0.505 e. The van der Waals surface area contributed by atoms with Crippen molar-refractivity contribution in [1.82, 2.24) is 15.5 Å². The van der Waals surface area contributed by atoms with Gasteiger partial charge in [0.1, 0.15) is 5.60 Å². The molecular formula is C17H26FIN4O3. The van der Waals surface area contributed by atoms with E-state index in [-0.39, 0.29) is 41.9 Å². The van der Waals surface area contributed by atoms with Crippen molar-refractivity contribution in [2.24, 2.45) is 4.99 Å². The molecule has 1 heterocycles. The van der Waals surface area contributed by atoms with Crippen LogP contribution in [0.25, 0.3) is 0 Å². The molecule has 0 unspecified atom stereocenters. The fourth-order valence-corrected chi connectivity index (χ4v) is 2.28. The summed E-state index contributed by atoms with van der Waals surface area (Å²) in [6.45, 7) is 6.92. The first-order valence-electron chi connectivity index (χ1n) is 8.10. The van der Waals surface area contributed by atoms with E-state index < -0.39 is 11.4 Å². The van der Waals surface area contributed by atoms with Gasteiger partial charge in [0, 0.05) is 26.7 Å². The molecule has 146 valence electrons. The molecule has 1 fully saturated rings. The zero-order valence-corrected chi connectivity index (χ0v) is 17.7. The van der Waals surface area contributed by atoms with E-state index in [0.717, 1.165) is 0 Å². The van der Waals surface area contributed by atoms with Gasteiger partial charge in [-0.15, -0.1) is 24.0 Å². The number of ether oxygens (including phenoxy) is 1. The van der Waals surface area contributed by atoms with Crippen molar-refractivity contribution in [1.29, 1.82) is 0 Å². The normalized spacial score (nSPS) is 15.0. The van der Waals surface area contributed by atoms with Gasteiger partial charge in [0.15, 0.2) is 17.5 Å². The first-order chi connectivity index (χ1) is 11.7. The van der Waals surface area contributed by atoms with Gasteiger partial charge in [-0.1, -0.05) is 6.07 Å². The highest BCUT2D eigenvalue weighted by Gasteiger charge is 2.34. The van der Waals surface area contributed by atoms with Crippen molar-refractivity contribution >= 4 is 36.0 Å². The van der Waals surface area contributed by atoms with Gasteiger partial charge in [0.2, 0.25) is 0 Å².